The van der Waals surface area contributed by atoms with Gasteiger partial charge < -0.3 is 11.1 Å². The smallest absolute Gasteiger partial charge is 0.271 e. The summed E-state index contributed by atoms with van der Waals surface area (Å²) in [7, 11) is 0. The van der Waals surface area contributed by atoms with Gasteiger partial charge in [0.2, 0.25) is 0 Å². The molecule has 0 saturated heterocycles. The highest BCUT2D eigenvalue weighted by molar-refractivity contribution is 7.99. The van der Waals surface area contributed by atoms with Crippen LogP contribution in [0.4, 0.5) is 5.82 Å². The Balaban J connectivity index is 1.96. The number of nitrogen functional groups attached to an aromatic ring is 1. The number of hydrogen-bond donors (Lipinski definition) is 2. The van der Waals surface area contributed by atoms with E-state index in [4.69, 9.17) is 5.73 Å². The van der Waals surface area contributed by atoms with Crippen molar-refractivity contribution in [3.05, 3.63) is 18.1 Å². The van der Waals surface area contributed by atoms with Crippen LogP contribution in [0.3, 0.4) is 0 Å². The topological polar surface area (TPSA) is 80.9 Å². The molecule has 6 heteroatoms. The van der Waals surface area contributed by atoms with Crippen LogP contribution in [0.25, 0.3) is 0 Å². The summed E-state index contributed by atoms with van der Waals surface area (Å²) in [6.45, 7) is 2.15. The van der Waals surface area contributed by atoms with Gasteiger partial charge in [0.05, 0.1) is 12.4 Å². The van der Waals surface area contributed by atoms with Gasteiger partial charge in [-0.15, -0.1) is 0 Å². The zero-order chi connectivity index (χ0) is 13.0. The molecule has 1 aliphatic rings. The van der Waals surface area contributed by atoms with Gasteiger partial charge in [-0.05, 0) is 18.6 Å². The minimum Gasteiger partial charge on any atom is -0.382 e. The third kappa shape index (κ3) is 3.13. The Hall–Kier alpha value is -1.30. The minimum atomic E-state index is -0.156. The first-order chi connectivity index (χ1) is 8.70. The molecule has 0 radical (unpaired) electrons. The molecule has 1 fully saturated rings. The number of carbonyl (C=O) groups excluding carboxylic acids is 1. The van der Waals surface area contributed by atoms with Crippen LogP contribution in [0.5, 0.6) is 0 Å². The standard InChI is InChI=1S/C12H18N4OS/c1-2-18-10-5-3-4-8(10)16-12(17)9-6-15-11(13)7-14-9/h6-8,10H,2-5H2,1H3,(H2,13,15)(H,16,17). The molecule has 0 bridgehead atoms. The van der Waals surface area contributed by atoms with Gasteiger partial charge in [0.1, 0.15) is 11.5 Å². The summed E-state index contributed by atoms with van der Waals surface area (Å²) in [5.41, 5.74) is 5.77. The molecule has 2 rings (SSSR count). The zero-order valence-corrected chi connectivity index (χ0v) is 11.2. The Morgan fingerprint density at radius 1 is 1.50 bits per heavy atom. The molecule has 5 nitrogen and oxygen atoms in total. The van der Waals surface area contributed by atoms with Crippen molar-refractivity contribution in [3.8, 4) is 0 Å². The lowest BCUT2D eigenvalue weighted by Gasteiger charge is -2.19. The maximum Gasteiger partial charge on any atom is 0.271 e. The zero-order valence-electron chi connectivity index (χ0n) is 10.4. The number of thioether (sulfide) groups is 1. The van der Waals surface area contributed by atoms with E-state index in [0.717, 1.165) is 12.2 Å². The average molecular weight is 266 g/mol. The van der Waals surface area contributed by atoms with Crippen molar-refractivity contribution in [2.24, 2.45) is 0 Å². The summed E-state index contributed by atoms with van der Waals surface area (Å²) in [5, 5.41) is 3.57. The van der Waals surface area contributed by atoms with E-state index in [9.17, 15) is 4.79 Å². The number of nitrogens with two attached hydrogens (primary N) is 1. The first kappa shape index (κ1) is 13.1. The molecule has 1 aromatic rings. The molecule has 0 aliphatic heterocycles. The second-order valence-electron chi connectivity index (χ2n) is 4.33. The minimum absolute atomic E-state index is 0.156. The fourth-order valence-corrected chi connectivity index (χ4v) is 3.40. The Morgan fingerprint density at radius 3 is 3.00 bits per heavy atom. The van der Waals surface area contributed by atoms with Crippen LogP contribution in [-0.2, 0) is 0 Å². The maximum absolute atomic E-state index is 12.0. The molecule has 0 spiro atoms. The first-order valence-corrected chi connectivity index (χ1v) is 7.25. The van der Waals surface area contributed by atoms with Crippen molar-refractivity contribution < 1.29 is 4.79 Å². The Bertz CT molecular complexity index is 409. The van der Waals surface area contributed by atoms with Gasteiger partial charge in [-0.3, -0.25) is 4.79 Å². The number of carbonyl (C=O) groups is 1. The van der Waals surface area contributed by atoms with Gasteiger partial charge in [0, 0.05) is 11.3 Å². The van der Waals surface area contributed by atoms with E-state index in [0.29, 0.717) is 16.8 Å². The molecule has 98 valence electrons. The molecule has 18 heavy (non-hydrogen) atoms. The van der Waals surface area contributed by atoms with Crippen molar-refractivity contribution in [1.29, 1.82) is 0 Å². The van der Waals surface area contributed by atoms with Crippen molar-refractivity contribution >= 4 is 23.5 Å². The van der Waals surface area contributed by atoms with E-state index in [1.807, 2.05) is 11.8 Å². The molecule has 3 N–H and O–H groups in total. The van der Waals surface area contributed by atoms with E-state index in [1.54, 1.807) is 0 Å². The van der Waals surface area contributed by atoms with Crippen molar-refractivity contribution in [1.82, 2.24) is 15.3 Å². The Kier molecular flexibility index (Phi) is 4.41. The summed E-state index contributed by atoms with van der Waals surface area (Å²) < 4.78 is 0. The van der Waals surface area contributed by atoms with Gasteiger partial charge in [-0.1, -0.05) is 13.3 Å². The van der Waals surface area contributed by atoms with Crippen molar-refractivity contribution in [2.75, 3.05) is 11.5 Å². The average Bonchev–Trinajstić information content (AvgIpc) is 2.78. The number of anilines is 1. The lowest BCUT2D eigenvalue weighted by atomic mass is 10.2. The summed E-state index contributed by atoms with van der Waals surface area (Å²) in [4.78, 5) is 19.9. The first-order valence-electron chi connectivity index (χ1n) is 6.20. The van der Waals surface area contributed by atoms with E-state index in [-0.39, 0.29) is 11.9 Å². The molecule has 1 aromatic heterocycles. The fourth-order valence-electron chi connectivity index (χ4n) is 2.20. The molecular formula is C12H18N4OS. The largest absolute Gasteiger partial charge is 0.382 e. The molecule has 1 amide bonds. The number of nitrogens with zero attached hydrogens (tertiary/aromatic N) is 2. The number of aromatic nitrogens is 2. The number of nitrogens with one attached hydrogen (secondary N) is 1. The van der Waals surface area contributed by atoms with E-state index in [1.165, 1.54) is 25.2 Å². The van der Waals surface area contributed by atoms with E-state index in [2.05, 4.69) is 22.2 Å². The van der Waals surface area contributed by atoms with Gasteiger partial charge in [-0.25, -0.2) is 9.97 Å². The molecule has 2 unspecified atom stereocenters. The molecule has 1 saturated carbocycles. The predicted octanol–water partition coefficient (Wildman–Crippen LogP) is 1.46. The molecule has 1 aliphatic carbocycles. The summed E-state index contributed by atoms with van der Waals surface area (Å²) >= 11 is 1.92. The normalized spacial score (nSPS) is 22.9. The third-order valence-corrected chi connectivity index (χ3v) is 4.38. The Labute approximate surface area is 111 Å². The molecule has 0 aromatic carbocycles. The molecule has 1 heterocycles. The fraction of sp³-hybridized carbons (Fsp3) is 0.583. The van der Waals surface area contributed by atoms with Crippen LogP contribution in [0.2, 0.25) is 0 Å². The van der Waals surface area contributed by atoms with Crippen LogP contribution in [0, 0.1) is 0 Å². The van der Waals surface area contributed by atoms with E-state index < -0.39 is 0 Å². The van der Waals surface area contributed by atoms with E-state index >= 15 is 0 Å². The highest BCUT2D eigenvalue weighted by atomic mass is 32.2. The van der Waals surface area contributed by atoms with Crippen LogP contribution < -0.4 is 11.1 Å². The SMILES string of the molecule is CCSC1CCCC1NC(=O)c1cnc(N)cn1. The van der Waals surface area contributed by atoms with Crippen LogP contribution in [0.15, 0.2) is 12.4 Å². The maximum atomic E-state index is 12.0. The van der Waals surface area contributed by atoms with Crippen molar-refractivity contribution in [2.45, 2.75) is 37.5 Å². The van der Waals surface area contributed by atoms with Crippen LogP contribution >= 0.6 is 11.8 Å². The highest BCUT2D eigenvalue weighted by Gasteiger charge is 2.28. The van der Waals surface area contributed by atoms with Gasteiger partial charge in [-0.2, -0.15) is 11.8 Å². The van der Waals surface area contributed by atoms with Gasteiger partial charge in [0.15, 0.2) is 0 Å². The summed E-state index contributed by atoms with van der Waals surface area (Å²) in [6.07, 6.45) is 6.22. The third-order valence-electron chi connectivity index (χ3n) is 3.05. The molecule has 2 atom stereocenters. The van der Waals surface area contributed by atoms with Gasteiger partial charge in [0.25, 0.3) is 5.91 Å². The predicted molar refractivity (Wildman–Crippen MR) is 73.5 cm³/mol. The molecular weight excluding hydrogens is 248 g/mol. The van der Waals surface area contributed by atoms with Crippen molar-refractivity contribution in [3.63, 3.8) is 0 Å². The monoisotopic (exact) mass is 266 g/mol. The number of hydrogen-bond acceptors (Lipinski definition) is 5. The number of amides is 1. The lowest BCUT2D eigenvalue weighted by molar-refractivity contribution is 0.0933. The lowest BCUT2D eigenvalue weighted by Crippen LogP contribution is -2.39. The number of rotatable bonds is 4. The second kappa shape index (κ2) is 6.04. The summed E-state index contributed by atoms with van der Waals surface area (Å²) in [5.74, 6) is 1.25. The Morgan fingerprint density at radius 2 is 2.33 bits per heavy atom. The summed E-state index contributed by atoms with van der Waals surface area (Å²) in [6, 6.07) is 0.252. The van der Waals surface area contributed by atoms with Gasteiger partial charge >= 0.3 is 0 Å². The van der Waals surface area contributed by atoms with Crippen LogP contribution in [0.1, 0.15) is 36.7 Å². The second-order valence-corrected chi connectivity index (χ2v) is 5.85. The highest BCUT2D eigenvalue weighted by Crippen LogP contribution is 2.29. The van der Waals surface area contributed by atoms with Crippen LogP contribution in [-0.4, -0.2) is 32.9 Å². The quantitative estimate of drug-likeness (QED) is 0.862.